The molecule has 1 heterocycles. The van der Waals surface area contributed by atoms with E-state index in [0.717, 1.165) is 17.1 Å². The molecule has 4 amide bonds. The number of carbonyl (C=O) groups excluding carboxylic acids is 6. The summed E-state index contributed by atoms with van der Waals surface area (Å²) in [5.74, 6) is -2.69. The Hall–Kier alpha value is -3.04. The third-order valence-corrected chi connectivity index (χ3v) is 4.40. The van der Waals surface area contributed by atoms with Crippen LogP contribution in [-0.2, 0) is 33.5 Å². The number of aldehydes is 1. The van der Waals surface area contributed by atoms with E-state index in [0.29, 0.717) is 12.7 Å². The summed E-state index contributed by atoms with van der Waals surface area (Å²) in [7, 11) is 0. The SMILES string of the molecule is CC(C)C[C@@H](NC(=O)CCN1C(=O)C=CC1=O)C(=O)N[C@@H](CCC=O)C(=O)OC(C)(C)C. The van der Waals surface area contributed by atoms with Gasteiger partial charge in [0.15, 0.2) is 0 Å². The summed E-state index contributed by atoms with van der Waals surface area (Å²) < 4.78 is 5.32. The van der Waals surface area contributed by atoms with Crippen molar-refractivity contribution in [3.05, 3.63) is 12.2 Å². The van der Waals surface area contributed by atoms with Gasteiger partial charge in [-0.05, 0) is 39.5 Å². The molecule has 0 aliphatic carbocycles. The Morgan fingerprint density at radius 1 is 1.06 bits per heavy atom. The van der Waals surface area contributed by atoms with Gasteiger partial charge in [0.1, 0.15) is 24.0 Å². The van der Waals surface area contributed by atoms with Crippen LogP contribution in [0.4, 0.5) is 0 Å². The lowest BCUT2D eigenvalue weighted by Gasteiger charge is -2.26. The first-order valence-electron chi connectivity index (χ1n) is 10.6. The molecule has 10 heteroatoms. The maximum atomic E-state index is 12.9. The van der Waals surface area contributed by atoms with Crippen molar-refractivity contribution < 1.29 is 33.5 Å². The summed E-state index contributed by atoms with van der Waals surface area (Å²) in [6.45, 7) is 8.71. The molecule has 0 bridgehead atoms. The molecule has 2 atom stereocenters. The van der Waals surface area contributed by atoms with Crippen molar-refractivity contribution >= 4 is 35.9 Å². The lowest BCUT2D eigenvalue weighted by atomic mass is 10.0. The van der Waals surface area contributed by atoms with E-state index in [1.54, 1.807) is 20.8 Å². The predicted octanol–water partition coefficient (Wildman–Crippen LogP) is 0.638. The van der Waals surface area contributed by atoms with E-state index in [2.05, 4.69) is 10.6 Å². The van der Waals surface area contributed by atoms with E-state index in [4.69, 9.17) is 4.74 Å². The average Bonchev–Trinajstić information content (AvgIpc) is 2.98. The van der Waals surface area contributed by atoms with E-state index in [9.17, 15) is 28.8 Å². The number of hydrogen-bond acceptors (Lipinski definition) is 7. The molecular formula is C22H33N3O7. The molecule has 2 N–H and O–H groups in total. The second-order valence-electron chi connectivity index (χ2n) is 9.00. The first-order valence-corrected chi connectivity index (χ1v) is 10.6. The largest absolute Gasteiger partial charge is 0.458 e. The molecule has 0 unspecified atom stereocenters. The Morgan fingerprint density at radius 3 is 2.16 bits per heavy atom. The molecule has 0 aromatic rings. The van der Waals surface area contributed by atoms with Crippen molar-refractivity contribution in [2.24, 2.45) is 5.92 Å². The summed E-state index contributed by atoms with van der Waals surface area (Å²) >= 11 is 0. The molecule has 10 nitrogen and oxygen atoms in total. The molecular weight excluding hydrogens is 418 g/mol. The Bertz CT molecular complexity index is 750. The smallest absolute Gasteiger partial charge is 0.329 e. The number of rotatable bonds is 12. The maximum Gasteiger partial charge on any atom is 0.329 e. The average molecular weight is 452 g/mol. The van der Waals surface area contributed by atoms with Gasteiger partial charge < -0.3 is 20.2 Å². The molecule has 0 saturated carbocycles. The monoisotopic (exact) mass is 451 g/mol. The summed E-state index contributed by atoms with van der Waals surface area (Å²) in [4.78, 5) is 72.6. The molecule has 1 aliphatic heterocycles. The lowest BCUT2D eigenvalue weighted by Crippen LogP contribution is -2.53. The lowest BCUT2D eigenvalue weighted by molar-refractivity contribution is -0.159. The van der Waals surface area contributed by atoms with Crippen LogP contribution in [0.3, 0.4) is 0 Å². The zero-order valence-corrected chi connectivity index (χ0v) is 19.3. The van der Waals surface area contributed by atoms with Gasteiger partial charge >= 0.3 is 5.97 Å². The highest BCUT2D eigenvalue weighted by atomic mass is 16.6. The molecule has 0 fully saturated rings. The number of ether oxygens (including phenoxy) is 1. The van der Waals surface area contributed by atoms with Gasteiger partial charge in [-0.3, -0.25) is 24.1 Å². The van der Waals surface area contributed by atoms with Crippen LogP contribution < -0.4 is 10.6 Å². The minimum absolute atomic E-state index is 0.0481. The van der Waals surface area contributed by atoms with Crippen LogP contribution in [0.5, 0.6) is 0 Å². The standard InChI is InChI=1S/C22H33N3O7/c1-14(2)13-16(23-17(27)10-11-25-18(28)8-9-19(25)29)20(30)24-15(7-6-12-26)21(31)32-22(3,4)5/h8-9,12,14-16H,6-7,10-11,13H2,1-5H3,(H,23,27)(H,24,30)/t15-,16+/m0/s1. The van der Waals surface area contributed by atoms with Gasteiger partial charge in [0.2, 0.25) is 11.8 Å². The Labute approximate surface area is 188 Å². The molecule has 0 aromatic heterocycles. The summed E-state index contributed by atoms with van der Waals surface area (Å²) in [6, 6.07) is -1.98. The molecule has 0 radical (unpaired) electrons. The van der Waals surface area contributed by atoms with Crippen molar-refractivity contribution in [1.29, 1.82) is 0 Å². The third kappa shape index (κ3) is 9.40. The molecule has 1 aliphatic rings. The highest BCUT2D eigenvalue weighted by molar-refractivity contribution is 6.13. The molecule has 32 heavy (non-hydrogen) atoms. The van der Waals surface area contributed by atoms with Crippen molar-refractivity contribution in [2.45, 2.75) is 78.0 Å². The first kappa shape index (κ1) is 27.0. The number of carbonyl (C=O) groups is 6. The fraction of sp³-hybridized carbons (Fsp3) is 0.636. The number of nitrogens with one attached hydrogen (secondary N) is 2. The van der Waals surface area contributed by atoms with Crippen LogP contribution in [0.1, 0.15) is 60.3 Å². The highest BCUT2D eigenvalue weighted by Crippen LogP contribution is 2.12. The first-order chi connectivity index (χ1) is 14.8. The third-order valence-electron chi connectivity index (χ3n) is 4.40. The van der Waals surface area contributed by atoms with Crippen LogP contribution >= 0.6 is 0 Å². The summed E-state index contributed by atoms with van der Waals surface area (Å²) in [5, 5.41) is 5.19. The van der Waals surface area contributed by atoms with Crippen LogP contribution in [0.2, 0.25) is 0 Å². The van der Waals surface area contributed by atoms with Gasteiger partial charge in [0.25, 0.3) is 11.8 Å². The van der Waals surface area contributed by atoms with E-state index in [-0.39, 0.29) is 31.7 Å². The minimum Gasteiger partial charge on any atom is -0.458 e. The Balaban J connectivity index is 2.79. The van der Waals surface area contributed by atoms with E-state index in [1.165, 1.54) is 0 Å². The van der Waals surface area contributed by atoms with Crippen LogP contribution in [-0.4, -0.2) is 65.0 Å². The van der Waals surface area contributed by atoms with Crippen molar-refractivity contribution in [2.75, 3.05) is 6.54 Å². The number of amides is 4. The predicted molar refractivity (Wildman–Crippen MR) is 115 cm³/mol. The van der Waals surface area contributed by atoms with E-state index < -0.39 is 47.3 Å². The Morgan fingerprint density at radius 2 is 1.66 bits per heavy atom. The zero-order chi connectivity index (χ0) is 24.5. The fourth-order valence-corrected chi connectivity index (χ4v) is 2.96. The number of hydrogen-bond donors (Lipinski definition) is 2. The van der Waals surface area contributed by atoms with Gasteiger partial charge in [-0.1, -0.05) is 13.8 Å². The van der Waals surface area contributed by atoms with Crippen molar-refractivity contribution in [1.82, 2.24) is 15.5 Å². The fourth-order valence-electron chi connectivity index (χ4n) is 2.96. The van der Waals surface area contributed by atoms with Crippen LogP contribution in [0, 0.1) is 5.92 Å². The van der Waals surface area contributed by atoms with Gasteiger partial charge in [-0.15, -0.1) is 0 Å². The molecule has 0 spiro atoms. The molecule has 0 saturated heterocycles. The van der Waals surface area contributed by atoms with Crippen molar-refractivity contribution in [3.63, 3.8) is 0 Å². The van der Waals surface area contributed by atoms with Gasteiger partial charge in [-0.25, -0.2) is 4.79 Å². The zero-order valence-electron chi connectivity index (χ0n) is 19.3. The number of imide groups is 1. The topological polar surface area (TPSA) is 139 Å². The second kappa shape index (κ2) is 12.1. The van der Waals surface area contributed by atoms with E-state index in [1.807, 2.05) is 13.8 Å². The van der Waals surface area contributed by atoms with Gasteiger partial charge in [0, 0.05) is 31.5 Å². The summed E-state index contributed by atoms with van der Waals surface area (Å²) in [6.07, 6.45) is 3.16. The van der Waals surface area contributed by atoms with E-state index >= 15 is 0 Å². The molecule has 0 aromatic carbocycles. The van der Waals surface area contributed by atoms with Crippen molar-refractivity contribution in [3.8, 4) is 0 Å². The Kier molecular flexibility index (Phi) is 10.2. The number of esters is 1. The highest BCUT2D eigenvalue weighted by Gasteiger charge is 2.30. The second-order valence-corrected chi connectivity index (χ2v) is 9.00. The normalized spacial score (nSPS) is 15.5. The summed E-state index contributed by atoms with van der Waals surface area (Å²) in [5.41, 5.74) is -0.772. The van der Waals surface area contributed by atoms with Gasteiger partial charge in [0.05, 0.1) is 0 Å². The van der Waals surface area contributed by atoms with Crippen LogP contribution in [0.25, 0.3) is 0 Å². The molecule has 1 rings (SSSR count). The maximum absolute atomic E-state index is 12.9. The van der Waals surface area contributed by atoms with Crippen LogP contribution in [0.15, 0.2) is 12.2 Å². The quantitative estimate of drug-likeness (QED) is 0.252. The van der Waals surface area contributed by atoms with Gasteiger partial charge in [-0.2, -0.15) is 0 Å². The molecule has 178 valence electrons. The number of nitrogens with zero attached hydrogens (tertiary/aromatic N) is 1. The minimum atomic E-state index is -1.04.